The minimum atomic E-state index is -1.26. The zero-order chi connectivity index (χ0) is 13.8. The Morgan fingerprint density at radius 2 is 2.28 bits per heavy atom. The summed E-state index contributed by atoms with van der Waals surface area (Å²) in [7, 11) is 0. The first-order chi connectivity index (χ1) is 8.40. The summed E-state index contributed by atoms with van der Waals surface area (Å²) in [5, 5.41) is 13.5. The van der Waals surface area contributed by atoms with Crippen LogP contribution in [-0.2, 0) is 9.59 Å². The van der Waals surface area contributed by atoms with Gasteiger partial charge in [-0.2, -0.15) is 0 Å². The van der Waals surface area contributed by atoms with Crippen molar-refractivity contribution in [2.45, 2.75) is 38.3 Å². The average molecular weight is 270 g/mol. The molecule has 18 heavy (non-hydrogen) atoms. The molecule has 1 amide bonds. The van der Waals surface area contributed by atoms with Gasteiger partial charge in [-0.05, 0) is 24.8 Å². The second kappa shape index (κ2) is 5.97. The van der Waals surface area contributed by atoms with Crippen LogP contribution in [0.1, 0.15) is 37.6 Å². The molecule has 5 nitrogen and oxygen atoms in total. The Balaban J connectivity index is 2.76. The van der Waals surface area contributed by atoms with Crippen molar-refractivity contribution in [3.63, 3.8) is 0 Å². The number of hydrogen-bond acceptors (Lipinski definition) is 4. The Kier molecular flexibility index (Phi) is 4.86. The van der Waals surface area contributed by atoms with Gasteiger partial charge >= 0.3 is 5.97 Å². The summed E-state index contributed by atoms with van der Waals surface area (Å²) < 4.78 is 0. The van der Waals surface area contributed by atoms with Gasteiger partial charge in [-0.25, -0.2) is 4.79 Å². The van der Waals surface area contributed by atoms with Gasteiger partial charge in [0.25, 0.3) is 0 Å². The molecule has 1 heterocycles. The molecule has 0 saturated carbocycles. The monoisotopic (exact) mass is 270 g/mol. The average Bonchev–Trinajstić information content (AvgIpc) is 2.81. The van der Waals surface area contributed by atoms with Gasteiger partial charge in [-0.15, -0.1) is 11.3 Å². The minimum absolute atomic E-state index is 0.366. The summed E-state index contributed by atoms with van der Waals surface area (Å²) in [4.78, 5) is 23.9. The van der Waals surface area contributed by atoms with E-state index in [-0.39, 0.29) is 0 Å². The molecule has 4 N–H and O–H groups in total. The summed E-state index contributed by atoms with van der Waals surface area (Å²) in [6, 6.07) is 2.74. The van der Waals surface area contributed by atoms with Crippen molar-refractivity contribution in [1.29, 1.82) is 0 Å². The number of carbonyl (C=O) groups excluding carboxylic acids is 1. The smallest absolute Gasteiger partial charge is 0.329 e. The predicted octanol–water partition coefficient (Wildman–Crippen LogP) is 1.51. The summed E-state index contributed by atoms with van der Waals surface area (Å²) in [6.45, 7) is 3.37. The zero-order valence-electron chi connectivity index (χ0n) is 10.5. The van der Waals surface area contributed by atoms with Crippen molar-refractivity contribution < 1.29 is 14.7 Å². The van der Waals surface area contributed by atoms with Crippen molar-refractivity contribution in [3.05, 3.63) is 22.4 Å². The van der Waals surface area contributed by atoms with Crippen LogP contribution >= 0.6 is 11.3 Å². The van der Waals surface area contributed by atoms with E-state index < -0.39 is 23.5 Å². The molecule has 0 aromatic carbocycles. The topological polar surface area (TPSA) is 92.4 Å². The van der Waals surface area contributed by atoms with Gasteiger partial charge in [0, 0.05) is 4.88 Å². The van der Waals surface area contributed by atoms with E-state index in [0.29, 0.717) is 12.8 Å². The Morgan fingerprint density at radius 1 is 1.61 bits per heavy atom. The maximum absolute atomic E-state index is 11.9. The number of nitrogens with two attached hydrogens (primary N) is 1. The van der Waals surface area contributed by atoms with Crippen LogP contribution in [0.2, 0.25) is 0 Å². The molecule has 0 spiro atoms. The third kappa shape index (κ3) is 3.30. The highest BCUT2D eigenvalue weighted by Crippen LogP contribution is 2.19. The number of carboxylic acids is 1. The lowest BCUT2D eigenvalue weighted by Gasteiger charge is -2.27. The number of aliphatic carboxylic acids is 1. The van der Waals surface area contributed by atoms with Crippen molar-refractivity contribution in [2.75, 3.05) is 0 Å². The van der Waals surface area contributed by atoms with Crippen LogP contribution in [0.5, 0.6) is 0 Å². The molecule has 0 aliphatic rings. The van der Waals surface area contributed by atoms with Gasteiger partial charge in [-0.1, -0.05) is 19.4 Å². The van der Waals surface area contributed by atoms with Gasteiger partial charge in [-0.3, -0.25) is 4.79 Å². The maximum atomic E-state index is 11.9. The van der Waals surface area contributed by atoms with Crippen molar-refractivity contribution in [2.24, 2.45) is 5.73 Å². The molecule has 0 aliphatic carbocycles. The lowest BCUT2D eigenvalue weighted by molar-refractivity contribution is -0.147. The van der Waals surface area contributed by atoms with E-state index in [1.165, 1.54) is 18.3 Å². The first-order valence-corrected chi connectivity index (χ1v) is 6.63. The SMILES string of the molecule is CCCC(C)(NC(=O)C(N)c1cccs1)C(=O)O. The van der Waals surface area contributed by atoms with Crippen LogP contribution in [0.4, 0.5) is 0 Å². The van der Waals surface area contributed by atoms with Gasteiger partial charge in [0.05, 0.1) is 0 Å². The van der Waals surface area contributed by atoms with E-state index in [1.807, 2.05) is 12.3 Å². The highest BCUT2D eigenvalue weighted by molar-refractivity contribution is 7.10. The van der Waals surface area contributed by atoms with Crippen LogP contribution in [0.15, 0.2) is 17.5 Å². The third-order valence-electron chi connectivity index (χ3n) is 2.75. The fraction of sp³-hybridized carbons (Fsp3) is 0.500. The molecule has 6 heteroatoms. The lowest BCUT2D eigenvalue weighted by atomic mass is 9.95. The lowest BCUT2D eigenvalue weighted by Crippen LogP contribution is -2.54. The first kappa shape index (κ1) is 14.7. The van der Waals surface area contributed by atoms with E-state index in [4.69, 9.17) is 5.73 Å². The highest BCUT2D eigenvalue weighted by Gasteiger charge is 2.35. The zero-order valence-corrected chi connectivity index (χ0v) is 11.3. The number of rotatable bonds is 6. The fourth-order valence-corrected chi connectivity index (χ4v) is 2.40. The molecule has 0 fully saturated rings. The molecule has 0 bridgehead atoms. The molecular formula is C12H18N2O3S. The normalized spacial score (nSPS) is 15.7. The highest BCUT2D eigenvalue weighted by atomic mass is 32.1. The second-order valence-electron chi connectivity index (χ2n) is 4.37. The number of carboxylic acid groups (broad SMARTS) is 1. The van der Waals surface area contributed by atoms with E-state index in [0.717, 1.165) is 4.88 Å². The maximum Gasteiger partial charge on any atom is 0.329 e. The van der Waals surface area contributed by atoms with Crippen LogP contribution in [-0.4, -0.2) is 22.5 Å². The molecule has 2 atom stereocenters. The van der Waals surface area contributed by atoms with Crippen LogP contribution in [0.25, 0.3) is 0 Å². The van der Waals surface area contributed by atoms with Crippen LogP contribution in [0.3, 0.4) is 0 Å². The van der Waals surface area contributed by atoms with E-state index in [9.17, 15) is 14.7 Å². The molecule has 0 saturated heterocycles. The van der Waals surface area contributed by atoms with Gasteiger partial charge in [0.1, 0.15) is 11.6 Å². The Morgan fingerprint density at radius 3 is 2.72 bits per heavy atom. The van der Waals surface area contributed by atoms with Crippen LogP contribution in [0, 0.1) is 0 Å². The Bertz CT molecular complexity index is 419. The van der Waals surface area contributed by atoms with Crippen molar-refractivity contribution in [1.82, 2.24) is 5.32 Å². The van der Waals surface area contributed by atoms with Gasteiger partial charge < -0.3 is 16.2 Å². The third-order valence-corrected chi connectivity index (χ3v) is 3.71. The first-order valence-electron chi connectivity index (χ1n) is 5.75. The summed E-state index contributed by atoms with van der Waals surface area (Å²) >= 11 is 1.37. The molecular weight excluding hydrogens is 252 g/mol. The molecule has 0 radical (unpaired) electrons. The summed E-state index contributed by atoms with van der Waals surface area (Å²) in [5.41, 5.74) is 4.53. The number of thiophene rings is 1. The number of carbonyl (C=O) groups is 2. The standard InChI is InChI=1S/C12H18N2O3S/c1-3-6-12(2,11(16)17)14-10(15)9(13)8-5-4-7-18-8/h4-5,7,9H,3,6,13H2,1-2H3,(H,14,15)(H,16,17). The van der Waals surface area contributed by atoms with Crippen LogP contribution < -0.4 is 11.1 Å². The largest absolute Gasteiger partial charge is 0.480 e. The molecule has 1 aromatic rings. The molecule has 2 unspecified atom stereocenters. The molecule has 100 valence electrons. The predicted molar refractivity (Wildman–Crippen MR) is 70.3 cm³/mol. The van der Waals surface area contributed by atoms with Gasteiger partial charge in [0.2, 0.25) is 5.91 Å². The van der Waals surface area contributed by atoms with Crippen molar-refractivity contribution in [3.8, 4) is 0 Å². The van der Waals surface area contributed by atoms with Crippen molar-refractivity contribution >= 4 is 23.2 Å². The van der Waals surface area contributed by atoms with Gasteiger partial charge in [0.15, 0.2) is 0 Å². The summed E-state index contributed by atoms with van der Waals surface area (Å²) in [6.07, 6.45) is 1.03. The number of nitrogens with one attached hydrogen (secondary N) is 1. The fourth-order valence-electron chi connectivity index (χ4n) is 1.67. The van der Waals surface area contributed by atoms with E-state index in [2.05, 4.69) is 5.32 Å². The van der Waals surface area contributed by atoms with E-state index >= 15 is 0 Å². The summed E-state index contributed by atoms with van der Waals surface area (Å²) in [5.74, 6) is -1.51. The minimum Gasteiger partial charge on any atom is -0.480 e. The van der Waals surface area contributed by atoms with E-state index in [1.54, 1.807) is 12.1 Å². The number of amides is 1. The quantitative estimate of drug-likeness (QED) is 0.730. The molecule has 1 rings (SSSR count). The molecule has 0 aliphatic heterocycles. The Hall–Kier alpha value is -1.40. The molecule has 1 aromatic heterocycles. The second-order valence-corrected chi connectivity index (χ2v) is 5.35. The number of hydrogen-bond donors (Lipinski definition) is 3. The Labute approximate surface area is 110 Å².